The number of aromatic nitrogens is 4. The van der Waals surface area contributed by atoms with Crippen molar-refractivity contribution in [2.24, 2.45) is 0 Å². The second-order valence-corrected chi connectivity index (χ2v) is 14.7. The third-order valence-electron chi connectivity index (χ3n) is 9.68. The number of benzene rings is 4. The van der Waals surface area contributed by atoms with Crippen molar-refractivity contribution in [3.8, 4) is 5.88 Å². The minimum absolute atomic E-state index is 0.0757. The Morgan fingerprint density at radius 3 is 2.00 bits per heavy atom. The molecule has 4 aromatic carbocycles. The molecular formula is C38H36N4O3. The molecule has 0 amide bonds. The summed E-state index contributed by atoms with van der Waals surface area (Å²) in [7, 11) is 0. The molecule has 0 atom stereocenters. The molecule has 0 aliphatic rings. The predicted molar refractivity (Wildman–Crippen MR) is 187 cm³/mol. The molecule has 4 heterocycles. The summed E-state index contributed by atoms with van der Waals surface area (Å²) in [4.78, 5) is 40.9. The SMILES string of the molecule is C=c1[nH]c(O)c2c3nc4cc(C(C)(C)C)ccc4c3c3c(=O)n(CCC)c(=O)c4c5c6ccc(C(C)(C)C)cc6[nH]c5c1c2c34. The van der Waals surface area contributed by atoms with E-state index in [0.29, 0.717) is 56.1 Å². The van der Waals surface area contributed by atoms with Crippen molar-refractivity contribution in [3.63, 3.8) is 0 Å². The third-order valence-corrected chi connectivity index (χ3v) is 9.68. The normalized spacial score (nSPS) is 13.3. The van der Waals surface area contributed by atoms with Crippen LogP contribution in [0.1, 0.15) is 66.0 Å². The van der Waals surface area contributed by atoms with E-state index in [1.165, 1.54) is 4.57 Å². The van der Waals surface area contributed by atoms with Crippen molar-refractivity contribution in [2.45, 2.75) is 72.3 Å². The highest BCUT2D eigenvalue weighted by Crippen LogP contribution is 2.47. The van der Waals surface area contributed by atoms with E-state index in [9.17, 15) is 14.7 Å². The van der Waals surface area contributed by atoms with Gasteiger partial charge in [-0.2, -0.15) is 0 Å². The molecule has 0 spiro atoms. The van der Waals surface area contributed by atoms with Gasteiger partial charge in [-0.05, 0) is 40.5 Å². The van der Waals surface area contributed by atoms with Crippen molar-refractivity contribution in [1.29, 1.82) is 0 Å². The number of aromatic hydroxyl groups is 1. The number of nitrogens with zero attached hydrogens (tertiary/aromatic N) is 2. The van der Waals surface area contributed by atoms with Crippen molar-refractivity contribution in [1.82, 2.24) is 19.5 Å². The molecule has 0 bridgehead atoms. The van der Waals surface area contributed by atoms with E-state index in [1.54, 1.807) is 0 Å². The Hall–Kier alpha value is -4.91. The Labute approximate surface area is 258 Å². The largest absolute Gasteiger partial charge is 0.494 e. The first-order valence-electron chi connectivity index (χ1n) is 15.6. The van der Waals surface area contributed by atoms with Gasteiger partial charge in [0.15, 0.2) is 5.88 Å². The molecule has 4 aromatic heterocycles. The lowest BCUT2D eigenvalue weighted by atomic mass is 9.86. The molecule has 0 unspecified atom stereocenters. The Morgan fingerprint density at radius 1 is 0.756 bits per heavy atom. The zero-order chi connectivity index (χ0) is 31.9. The first-order chi connectivity index (χ1) is 21.2. The molecule has 7 nitrogen and oxygen atoms in total. The van der Waals surface area contributed by atoms with Crippen molar-refractivity contribution in [2.75, 3.05) is 0 Å². The number of fused-ring (bicyclic) bond motifs is 10. The van der Waals surface area contributed by atoms with Gasteiger partial charge in [-0.15, -0.1) is 0 Å². The molecule has 0 saturated heterocycles. The van der Waals surface area contributed by atoms with Crippen LogP contribution < -0.4 is 16.5 Å². The summed E-state index contributed by atoms with van der Waals surface area (Å²) in [6, 6.07) is 12.5. The molecule has 8 aromatic rings. The van der Waals surface area contributed by atoms with Gasteiger partial charge < -0.3 is 15.1 Å². The molecule has 3 N–H and O–H groups in total. The molecule has 0 aliphatic heterocycles. The molecule has 8 rings (SSSR count). The second-order valence-electron chi connectivity index (χ2n) is 14.7. The molecule has 226 valence electrons. The van der Waals surface area contributed by atoms with E-state index in [0.717, 1.165) is 49.2 Å². The van der Waals surface area contributed by atoms with Crippen LogP contribution in [0.4, 0.5) is 0 Å². The Balaban J connectivity index is 1.75. The maximum absolute atomic E-state index is 14.5. The summed E-state index contributed by atoms with van der Waals surface area (Å²) < 4.78 is 1.39. The summed E-state index contributed by atoms with van der Waals surface area (Å²) in [6.45, 7) is 19.5. The molecule has 0 fully saturated rings. The number of aromatic amines is 2. The van der Waals surface area contributed by atoms with Gasteiger partial charge in [0.1, 0.15) is 0 Å². The van der Waals surface area contributed by atoms with E-state index in [4.69, 9.17) is 4.98 Å². The van der Waals surface area contributed by atoms with Gasteiger partial charge in [0, 0.05) is 55.1 Å². The number of rotatable bonds is 2. The summed E-state index contributed by atoms with van der Waals surface area (Å²) in [5, 5.41) is 18.5. The van der Waals surface area contributed by atoms with E-state index in [-0.39, 0.29) is 27.8 Å². The topological polar surface area (TPSA) is 104 Å². The molecule has 7 heteroatoms. The lowest BCUT2D eigenvalue weighted by Gasteiger charge is -2.19. The molecule has 0 radical (unpaired) electrons. The first kappa shape index (κ1) is 27.6. The number of H-pyrrole nitrogens is 2. The van der Waals surface area contributed by atoms with E-state index in [1.807, 2.05) is 13.0 Å². The van der Waals surface area contributed by atoms with Crippen LogP contribution in [0.25, 0.3) is 82.5 Å². The van der Waals surface area contributed by atoms with Crippen molar-refractivity contribution < 1.29 is 5.11 Å². The van der Waals surface area contributed by atoms with Crippen LogP contribution in [0.3, 0.4) is 0 Å². The maximum Gasteiger partial charge on any atom is 0.262 e. The Kier molecular flexibility index (Phi) is 5.29. The van der Waals surface area contributed by atoms with Gasteiger partial charge in [0.05, 0.1) is 32.7 Å². The third kappa shape index (κ3) is 3.49. The molecular weight excluding hydrogens is 560 g/mol. The second kappa shape index (κ2) is 8.62. The van der Waals surface area contributed by atoms with Gasteiger partial charge in [0.2, 0.25) is 0 Å². The predicted octanol–water partition coefficient (Wildman–Crippen LogP) is 7.61. The smallest absolute Gasteiger partial charge is 0.262 e. The average Bonchev–Trinajstić information content (AvgIpc) is 3.53. The fraction of sp³-hybridized carbons (Fsp3) is 0.289. The van der Waals surface area contributed by atoms with Crippen LogP contribution in [-0.2, 0) is 17.4 Å². The van der Waals surface area contributed by atoms with E-state index in [2.05, 4.69) is 88.4 Å². The van der Waals surface area contributed by atoms with E-state index < -0.39 is 0 Å². The zero-order valence-corrected chi connectivity index (χ0v) is 26.7. The molecule has 0 saturated carbocycles. The van der Waals surface area contributed by atoms with Crippen molar-refractivity contribution in [3.05, 3.63) is 73.6 Å². The number of hydrogen-bond donors (Lipinski definition) is 3. The standard InChI is InChI=1S/C38H36N4O3/c1-9-14-42-35(44)29-25-20-12-10-18(37(3,4)5)15-22(20)40-32(25)24-17(2)39-34(43)31-27(24)28(29)30(36(42)45)26-21-13-11-19(38(6,7)8)16-23(21)41-33(26)31/h10-13,15-16,39-40,43H,2,9,14H2,1,3-8H3. The molecule has 45 heavy (non-hydrogen) atoms. The zero-order valence-electron chi connectivity index (χ0n) is 26.7. The first-order valence-corrected chi connectivity index (χ1v) is 15.6. The van der Waals surface area contributed by atoms with Crippen LogP contribution in [0.5, 0.6) is 5.88 Å². The lowest BCUT2D eigenvalue weighted by Crippen LogP contribution is -2.33. The molecule has 0 aliphatic carbocycles. The van der Waals surface area contributed by atoms with Crippen LogP contribution in [-0.4, -0.2) is 24.6 Å². The summed E-state index contributed by atoms with van der Waals surface area (Å²) in [5.74, 6) is -0.0878. The summed E-state index contributed by atoms with van der Waals surface area (Å²) in [6.07, 6.45) is 0.630. The van der Waals surface area contributed by atoms with Crippen LogP contribution in [0.2, 0.25) is 0 Å². The highest BCUT2D eigenvalue weighted by Gasteiger charge is 2.29. The van der Waals surface area contributed by atoms with Crippen molar-refractivity contribution >= 4 is 82.5 Å². The average molecular weight is 597 g/mol. The highest BCUT2D eigenvalue weighted by atomic mass is 16.3. The van der Waals surface area contributed by atoms with Gasteiger partial charge in [0.25, 0.3) is 11.1 Å². The number of nitrogens with one attached hydrogen (secondary N) is 2. The fourth-order valence-electron chi connectivity index (χ4n) is 7.41. The quantitative estimate of drug-likeness (QED) is 0.179. The number of pyridine rings is 2. The monoisotopic (exact) mass is 596 g/mol. The maximum atomic E-state index is 14.5. The van der Waals surface area contributed by atoms with Gasteiger partial charge in [-0.1, -0.05) is 79.3 Å². The van der Waals surface area contributed by atoms with E-state index >= 15 is 0 Å². The van der Waals surface area contributed by atoms with Gasteiger partial charge in [-0.3, -0.25) is 14.2 Å². The highest BCUT2D eigenvalue weighted by molar-refractivity contribution is 6.44. The Morgan fingerprint density at radius 2 is 1.36 bits per heavy atom. The van der Waals surface area contributed by atoms with Crippen LogP contribution in [0.15, 0.2) is 46.0 Å². The fourth-order valence-corrected chi connectivity index (χ4v) is 7.41. The van der Waals surface area contributed by atoms with Gasteiger partial charge in [-0.25, -0.2) is 4.98 Å². The van der Waals surface area contributed by atoms with Crippen LogP contribution >= 0.6 is 0 Å². The minimum Gasteiger partial charge on any atom is -0.494 e. The lowest BCUT2D eigenvalue weighted by molar-refractivity contribution is 0.460. The van der Waals surface area contributed by atoms with Gasteiger partial charge >= 0.3 is 0 Å². The number of hydrogen-bond acceptors (Lipinski definition) is 4. The van der Waals surface area contributed by atoms with Crippen LogP contribution in [0, 0.1) is 0 Å². The minimum atomic E-state index is -0.330. The summed E-state index contributed by atoms with van der Waals surface area (Å²) >= 11 is 0. The summed E-state index contributed by atoms with van der Waals surface area (Å²) in [5.41, 5.74) is 4.39. The Bertz CT molecular complexity index is 2720.